The molecule has 1 aromatic heterocycles. The van der Waals surface area contributed by atoms with Crippen LogP contribution in [-0.4, -0.2) is 39.9 Å². The number of carbonyl (C=O) groups excluding carboxylic acids is 1. The van der Waals surface area contributed by atoms with E-state index in [1.54, 1.807) is 42.7 Å². The highest BCUT2D eigenvalue weighted by Gasteiger charge is 2.32. The van der Waals surface area contributed by atoms with Crippen LogP contribution >= 0.6 is 24.0 Å². The normalized spacial score (nSPS) is 15.4. The summed E-state index contributed by atoms with van der Waals surface area (Å²) in [6.45, 7) is -0.193. The fraction of sp³-hybridized carbons (Fsp3) is 0.167. The zero-order valence-electron chi connectivity index (χ0n) is 14.2. The second-order valence-electron chi connectivity index (χ2n) is 5.44. The van der Waals surface area contributed by atoms with Crippen molar-refractivity contribution in [1.82, 2.24) is 4.90 Å². The molecule has 0 unspecified atom stereocenters. The molecule has 0 bridgehead atoms. The van der Waals surface area contributed by atoms with Crippen LogP contribution in [0.4, 0.5) is 0 Å². The maximum absolute atomic E-state index is 12.6. The molecule has 0 atom stereocenters. The third-order valence-electron chi connectivity index (χ3n) is 3.60. The van der Waals surface area contributed by atoms with Crippen LogP contribution in [-0.2, 0) is 16.1 Å². The number of hydrogen-bond donors (Lipinski definition) is 1. The van der Waals surface area contributed by atoms with Gasteiger partial charge in [0.15, 0.2) is 18.1 Å². The van der Waals surface area contributed by atoms with Crippen molar-refractivity contribution in [2.75, 3.05) is 13.7 Å². The highest BCUT2D eigenvalue weighted by atomic mass is 32.2. The molecule has 140 valence electrons. The first kappa shape index (κ1) is 19.0. The minimum Gasteiger partial charge on any atom is -0.493 e. The summed E-state index contributed by atoms with van der Waals surface area (Å²) in [5, 5.41) is 8.71. The van der Waals surface area contributed by atoms with Crippen molar-refractivity contribution in [3.63, 3.8) is 0 Å². The first-order chi connectivity index (χ1) is 13.0. The molecule has 1 amide bonds. The molecule has 1 aliphatic heterocycles. The van der Waals surface area contributed by atoms with E-state index in [1.165, 1.54) is 23.8 Å². The summed E-state index contributed by atoms with van der Waals surface area (Å²) >= 11 is 6.51. The van der Waals surface area contributed by atoms with Crippen LogP contribution in [0.5, 0.6) is 11.5 Å². The van der Waals surface area contributed by atoms with E-state index in [9.17, 15) is 9.59 Å². The lowest BCUT2D eigenvalue weighted by Gasteiger charge is -2.12. The number of methoxy groups -OCH3 is 1. The number of aliphatic carboxylic acids is 1. The summed E-state index contributed by atoms with van der Waals surface area (Å²) in [5.74, 6) is 0.0422. The number of carboxylic acid groups (broad SMARTS) is 1. The number of thiocarbonyl (C=S) groups is 1. The summed E-state index contributed by atoms with van der Waals surface area (Å²) in [7, 11) is 1.45. The Morgan fingerprint density at radius 3 is 2.85 bits per heavy atom. The fourth-order valence-electron chi connectivity index (χ4n) is 2.38. The largest absolute Gasteiger partial charge is 0.493 e. The summed E-state index contributed by atoms with van der Waals surface area (Å²) in [5.41, 5.74) is 0.702. The topological polar surface area (TPSA) is 89.2 Å². The summed E-state index contributed by atoms with van der Waals surface area (Å²) in [6, 6.07) is 8.50. The van der Waals surface area contributed by atoms with Crippen molar-refractivity contribution < 1.29 is 28.6 Å². The predicted molar refractivity (Wildman–Crippen MR) is 104 cm³/mol. The molecule has 7 nitrogen and oxygen atoms in total. The van der Waals surface area contributed by atoms with Crippen molar-refractivity contribution in [2.45, 2.75) is 6.54 Å². The molecule has 0 aliphatic carbocycles. The number of rotatable bonds is 7. The maximum Gasteiger partial charge on any atom is 0.341 e. The van der Waals surface area contributed by atoms with E-state index in [0.717, 1.165) is 0 Å². The quantitative estimate of drug-likeness (QED) is 0.555. The number of hydrogen-bond acceptors (Lipinski definition) is 7. The molecular formula is C18H15NO6S2. The molecule has 2 aromatic rings. The van der Waals surface area contributed by atoms with Gasteiger partial charge in [-0.3, -0.25) is 9.69 Å². The van der Waals surface area contributed by atoms with Gasteiger partial charge >= 0.3 is 5.97 Å². The van der Waals surface area contributed by atoms with Gasteiger partial charge in [-0.1, -0.05) is 30.0 Å². The van der Waals surface area contributed by atoms with Crippen molar-refractivity contribution in [3.05, 3.63) is 52.8 Å². The van der Waals surface area contributed by atoms with Gasteiger partial charge in [-0.25, -0.2) is 4.79 Å². The van der Waals surface area contributed by atoms with Crippen LogP contribution in [0.15, 0.2) is 45.9 Å². The second-order valence-corrected chi connectivity index (χ2v) is 7.12. The van der Waals surface area contributed by atoms with Crippen LogP contribution in [0.1, 0.15) is 11.3 Å². The van der Waals surface area contributed by atoms with E-state index < -0.39 is 12.6 Å². The fourth-order valence-corrected chi connectivity index (χ4v) is 3.63. The molecule has 0 spiro atoms. The van der Waals surface area contributed by atoms with Gasteiger partial charge in [-0.15, -0.1) is 0 Å². The van der Waals surface area contributed by atoms with Crippen LogP contribution in [0.3, 0.4) is 0 Å². The molecule has 9 heteroatoms. The van der Waals surface area contributed by atoms with Crippen molar-refractivity contribution in [2.24, 2.45) is 0 Å². The van der Waals surface area contributed by atoms with Crippen LogP contribution in [0.25, 0.3) is 6.08 Å². The zero-order valence-corrected chi connectivity index (χ0v) is 15.8. The van der Waals surface area contributed by atoms with Gasteiger partial charge in [0.1, 0.15) is 10.1 Å². The smallest absolute Gasteiger partial charge is 0.341 e. The third-order valence-corrected chi connectivity index (χ3v) is 4.98. The van der Waals surface area contributed by atoms with E-state index in [0.29, 0.717) is 32.0 Å². The lowest BCUT2D eigenvalue weighted by molar-refractivity contribution is -0.139. The Labute approximate surface area is 164 Å². The molecule has 1 saturated heterocycles. The average molecular weight is 405 g/mol. The molecule has 27 heavy (non-hydrogen) atoms. The molecular weight excluding hydrogens is 390 g/mol. The van der Waals surface area contributed by atoms with Crippen molar-refractivity contribution in [3.8, 4) is 11.5 Å². The highest BCUT2D eigenvalue weighted by Crippen LogP contribution is 2.35. The van der Waals surface area contributed by atoms with E-state index in [2.05, 4.69) is 0 Å². The first-order valence-corrected chi connectivity index (χ1v) is 9.01. The van der Waals surface area contributed by atoms with Crippen LogP contribution < -0.4 is 9.47 Å². The Morgan fingerprint density at radius 2 is 2.19 bits per heavy atom. The molecule has 1 aliphatic rings. The molecule has 1 fully saturated rings. The summed E-state index contributed by atoms with van der Waals surface area (Å²) < 4.78 is 16.1. The van der Waals surface area contributed by atoms with Gasteiger partial charge < -0.3 is 19.0 Å². The average Bonchev–Trinajstić information content (AvgIpc) is 3.24. The number of ether oxygens (including phenoxy) is 2. The zero-order chi connectivity index (χ0) is 19.4. The Hall–Kier alpha value is -2.78. The highest BCUT2D eigenvalue weighted by molar-refractivity contribution is 8.26. The number of nitrogens with zero attached hydrogens (tertiary/aromatic N) is 1. The van der Waals surface area contributed by atoms with Gasteiger partial charge in [0, 0.05) is 0 Å². The minimum atomic E-state index is -1.08. The van der Waals surface area contributed by atoms with E-state index in [4.69, 9.17) is 31.2 Å². The maximum atomic E-state index is 12.6. The third kappa shape index (κ3) is 4.50. The second kappa shape index (κ2) is 8.28. The van der Waals surface area contributed by atoms with Gasteiger partial charge in [-0.05, 0) is 35.9 Å². The van der Waals surface area contributed by atoms with Gasteiger partial charge in [0.05, 0.1) is 24.8 Å². The monoisotopic (exact) mass is 405 g/mol. The molecule has 1 aromatic carbocycles. The number of carboxylic acids is 1. The van der Waals surface area contributed by atoms with Crippen LogP contribution in [0, 0.1) is 0 Å². The van der Waals surface area contributed by atoms with Crippen molar-refractivity contribution >= 4 is 46.3 Å². The Bertz CT molecular complexity index is 907. The summed E-state index contributed by atoms with van der Waals surface area (Å²) in [4.78, 5) is 25.2. The standard InChI is InChI=1S/C18H15NO6S2/c1-23-14-7-11(4-5-13(14)25-10-16(20)21)8-15-17(22)19(18(26)27-15)9-12-3-2-6-24-12/h2-8H,9-10H2,1H3,(H,20,21)/b15-8+. The Balaban J connectivity index is 1.78. The number of benzene rings is 1. The van der Waals surface area contributed by atoms with Crippen LogP contribution in [0.2, 0.25) is 0 Å². The first-order valence-electron chi connectivity index (χ1n) is 7.78. The van der Waals surface area contributed by atoms with Crippen molar-refractivity contribution in [1.29, 1.82) is 0 Å². The lowest BCUT2D eigenvalue weighted by atomic mass is 10.2. The number of thioether (sulfide) groups is 1. The number of furan rings is 1. The lowest BCUT2D eigenvalue weighted by Crippen LogP contribution is -2.27. The molecule has 1 N–H and O–H groups in total. The SMILES string of the molecule is COc1cc(/C=C2/SC(=S)N(Cc3ccco3)C2=O)ccc1OCC(=O)O. The molecule has 3 rings (SSSR count). The van der Waals surface area contributed by atoms with Gasteiger partial charge in [0.25, 0.3) is 5.91 Å². The Morgan fingerprint density at radius 1 is 1.37 bits per heavy atom. The Kier molecular flexibility index (Phi) is 5.82. The van der Waals surface area contributed by atoms with E-state index >= 15 is 0 Å². The number of carbonyl (C=O) groups is 2. The predicted octanol–water partition coefficient (Wildman–Crippen LogP) is 3.15. The summed E-state index contributed by atoms with van der Waals surface area (Å²) in [6.07, 6.45) is 3.24. The molecule has 0 radical (unpaired) electrons. The van der Waals surface area contributed by atoms with E-state index in [-0.39, 0.29) is 12.5 Å². The van der Waals surface area contributed by atoms with Gasteiger partial charge in [0.2, 0.25) is 0 Å². The van der Waals surface area contributed by atoms with Gasteiger partial charge in [-0.2, -0.15) is 0 Å². The minimum absolute atomic E-state index is 0.202. The molecule has 0 saturated carbocycles. The number of amides is 1. The van der Waals surface area contributed by atoms with E-state index in [1.807, 2.05) is 0 Å². The molecule has 2 heterocycles.